The summed E-state index contributed by atoms with van der Waals surface area (Å²) in [5.74, 6) is 0.145. The second kappa shape index (κ2) is 7.95. The van der Waals surface area contributed by atoms with Crippen LogP contribution in [0.25, 0.3) is 0 Å². The van der Waals surface area contributed by atoms with Crippen molar-refractivity contribution in [2.75, 3.05) is 19.6 Å². The molecule has 0 radical (unpaired) electrons. The van der Waals surface area contributed by atoms with Gasteiger partial charge < -0.3 is 15.5 Å². The Morgan fingerprint density at radius 1 is 1.14 bits per heavy atom. The van der Waals surface area contributed by atoms with E-state index >= 15 is 0 Å². The van der Waals surface area contributed by atoms with Crippen molar-refractivity contribution >= 4 is 11.8 Å². The number of carbonyl (C=O) groups excluding carboxylic acids is 2. The monoisotopic (exact) mass is 309 g/mol. The lowest BCUT2D eigenvalue weighted by molar-refractivity contribution is -0.143. The minimum atomic E-state index is -0.653. The van der Waals surface area contributed by atoms with E-state index in [9.17, 15) is 9.59 Å². The van der Waals surface area contributed by atoms with Crippen molar-refractivity contribution in [1.29, 1.82) is 0 Å². The van der Waals surface area contributed by atoms with Crippen LogP contribution < -0.4 is 10.6 Å². The summed E-state index contributed by atoms with van der Waals surface area (Å²) in [6.45, 7) is 6.42. The van der Waals surface area contributed by atoms with Gasteiger partial charge in [-0.05, 0) is 46.1 Å². The van der Waals surface area contributed by atoms with E-state index in [2.05, 4.69) is 10.6 Å². The number of amides is 2. The summed E-state index contributed by atoms with van der Waals surface area (Å²) < 4.78 is 0. The van der Waals surface area contributed by atoms with Crippen LogP contribution in [0, 0.1) is 0 Å². The predicted octanol–water partition coefficient (Wildman–Crippen LogP) is 1.82. The minimum absolute atomic E-state index is 0.0295. The highest BCUT2D eigenvalue weighted by atomic mass is 16.2. The molecule has 2 aliphatic rings. The van der Waals surface area contributed by atoms with Crippen LogP contribution in [0.1, 0.15) is 65.2 Å². The van der Waals surface area contributed by atoms with Gasteiger partial charge in [0.1, 0.15) is 5.54 Å². The molecule has 0 bridgehead atoms. The first kappa shape index (κ1) is 17.3. The van der Waals surface area contributed by atoms with Crippen LogP contribution >= 0.6 is 0 Å². The van der Waals surface area contributed by atoms with Crippen molar-refractivity contribution in [1.82, 2.24) is 15.5 Å². The van der Waals surface area contributed by atoms with Crippen LogP contribution in [0.5, 0.6) is 0 Å². The fourth-order valence-corrected chi connectivity index (χ4v) is 3.83. The third kappa shape index (κ3) is 4.00. The zero-order valence-corrected chi connectivity index (χ0v) is 14.1. The molecule has 22 heavy (non-hydrogen) atoms. The molecule has 5 heteroatoms. The Bertz CT molecular complexity index is 381. The van der Waals surface area contributed by atoms with Crippen LogP contribution in [-0.2, 0) is 9.59 Å². The maximum atomic E-state index is 13.0. The second-order valence-electron chi connectivity index (χ2n) is 6.67. The van der Waals surface area contributed by atoms with E-state index in [1.54, 1.807) is 0 Å². The van der Waals surface area contributed by atoms with Crippen molar-refractivity contribution in [2.45, 2.75) is 76.8 Å². The van der Waals surface area contributed by atoms with Crippen LogP contribution in [0.4, 0.5) is 0 Å². The molecule has 1 atom stereocenters. The van der Waals surface area contributed by atoms with Gasteiger partial charge in [-0.15, -0.1) is 0 Å². The van der Waals surface area contributed by atoms with Crippen molar-refractivity contribution in [2.24, 2.45) is 0 Å². The van der Waals surface area contributed by atoms with Crippen LogP contribution in [-0.4, -0.2) is 47.9 Å². The molecular weight excluding hydrogens is 278 g/mol. The molecule has 2 fully saturated rings. The molecule has 1 aliphatic heterocycles. The van der Waals surface area contributed by atoms with E-state index in [1.165, 1.54) is 0 Å². The van der Waals surface area contributed by atoms with Crippen LogP contribution in [0.15, 0.2) is 0 Å². The fraction of sp³-hybridized carbons (Fsp3) is 0.882. The molecule has 5 nitrogen and oxygen atoms in total. The number of hydrogen-bond acceptors (Lipinski definition) is 3. The van der Waals surface area contributed by atoms with Crippen molar-refractivity contribution in [3.05, 3.63) is 0 Å². The molecule has 1 saturated heterocycles. The summed E-state index contributed by atoms with van der Waals surface area (Å²) in [4.78, 5) is 27.3. The summed E-state index contributed by atoms with van der Waals surface area (Å²) in [6.07, 6.45) is 7.47. The topological polar surface area (TPSA) is 61.4 Å². The molecule has 126 valence electrons. The summed E-state index contributed by atoms with van der Waals surface area (Å²) >= 11 is 0. The van der Waals surface area contributed by atoms with Gasteiger partial charge in [-0.3, -0.25) is 9.59 Å². The molecule has 1 heterocycles. The molecule has 0 aromatic rings. The third-order valence-electron chi connectivity index (χ3n) is 5.14. The van der Waals surface area contributed by atoms with Gasteiger partial charge in [0.05, 0.1) is 0 Å². The molecule has 2 rings (SSSR count). The van der Waals surface area contributed by atoms with E-state index in [4.69, 9.17) is 0 Å². The maximum absolute atomic E-state index is 13.0. The van der Waals surface area contributed by atoms with E-state index in [-0.39, 0.29) is 17.9 Å². The minimum Gasteiger partial charge on any atom is -0.342 e. The number of hydrogen-bond donors (Lipinski definition) is 2. The molecule has 2 amide bonds. The van der Waals surface area contributed by atoms with Gasteiger partial charge in [0.2, 0.25) is 11.8 Å². The molecule has 0 aromatic carbocycles. The van der Waals surface area contributed by atoms with E-state index in [0.29, 0.717) is 19.5 Å². The molecule has 1 aliphatic carbocycles. The highest BCUT2D eigenvalue weighted by Crippen LogP contribution is 2.30. The third-order valence-corrected chi connectivity index (χ3v) is 5.14. The van der Waals surface area contributed by atoms with Gasteiger partial charge >= 0.3 is 0 Å². The Morgan fingerprint density at radius 2 is 1.82 bits per heavy atom. The van der Waals surface area contributed by atoms with Gasteiger partial charge in [-0.1, -0.05) is 19.3 Å². The zero-order valence-electron chi connectivity index (χ0n) is 14.1. The molecule has 1 unspecified atom stereocenters. The average molecular weight is 309 g/mol. The smallest absolute Gasteiger partial charge is 0.248 e. The van der Waals surface area contributed by atoms with E-state index < -0.39 is 5.54 Å². The average Bonchev–Trinajstić information content (AvgIpc) is 3.02. The van der Waals surface area contributed by atoms with Gasteiger partial charge in [-0.2, -0.15) is 0 Å². The SMILES string of the molecule is CCN(CC)C(=O)C1(NC(=O)CC2CCCN2)CCCCC1. The molecule has 0 aromatic heterocycles. The van der Waals surface area contributed by atoms with Crippen molar-refractivity contribution in [3.8, 4) is 0 Å². The summed E-state index contributed by atoms with van der Waals surface area (Å²) in [5.41, 5.74) is -0.653. The van der Waals surface area contributed by atoms with Gasteiger partial charge in [0.25, 0.3) is 0 Å². The number of carbonyl (C=O) groups is 2. The highest BCUT2D eigenvalue weighted by molar-refractivity contribution is 5.91. The lowest BCUT2D eigenvalue weighted by atomic mass is 9.80. The Kier molecular flexibility index (Phi) is 6.24. The largest absolute Gasteiger partial charge is 0.342 e. The normalized spacial score (nSPS) is 24.0. The molecular formula is C17H31N3O2. The Labute approximate surface area is 134 Å². The van der Waals surface area contributed by atoms with E-state index in [0.717, 1.165) is 51.5 Å². The first-order valence-corrected chi connectivity index (χ1v) is 8.95. The first-order chi connectivity index (χ1) is 10.6. The number of nitrogens with one attached hydrogen (secondary N) is 2. The van der Waals surface area contributed by atoms with Crippen molar-refractivity contribution < 1.29 is 9.59 Å². The maximum Gasteiger partial charge on any atom is 0.248 e. The number of rotatable bonds is 6. The van der Waals surface area contributed by atoms with Crippen molar-refractivity contribution in [3.63, 3.8) is 0 Å². The molecule has 0 spiro atoms. The summed E-state index contributed by atoms with van der Waals surface area (Å²) in [6, 6.07) is 0.282. The van der Waals surface area contributed by atoms with Gasteiger partial charge in [-0.25, -0.2) is 0 Å². The van der Waals surface area contributed by atoms with Gasteiger partial charge in [0, 0.05) is 25.6 Å². The molecule has 1 saturated carbocycles. The highest BCUT2D eigenvalue weighted by Gasteiger charge is 2.42. The van der Waals surface area contributed by atoms with Crippen LogP contribution in [0.2, 0.25) is 0 Å². The van der Waals surface area contributed by atoms with Gasteiger partial charge in [0.15, 0.2) is 0 Å². The lowest BCUT2D eigenvalue weighted by Gasteiger charge is -2.40. The Morgan fingerprint density at radius 3 is 2.36 bits per heavy atom. The number of likely N-dealkylation sites (N-methyl/N-ethyl adjacent to an activating group) is 1. The summed E-state index contributed by atoms with van der Waals surface area (Å²) in [5, 5.41) is 6.49. The standard InChI is InChI=1S/C17H31N3O2/c1-3-20(4-2)16(22)17(10-6-5-7-11-17)19-15(21)13-14-9-8-12-18-14/h14,18H,3-13H2,1-2H3,(H,19,21). The first-order valence-electron chi connectivity index (χ1n) is 8.95. The summed E-state index contributed by atoms with van der Waals surface area (Å²) in [7, 11) is 0. The van der Waals surface area contributed by atoms with Crippen LogP contribution in [0.3, 0.4) is 0 Å². The quantitative estimate of drug-likeness (QED) is 0.787. The predicted molar refractivity (Wildman–Crippen MR) is 87.5 cm³/mol. The zero-order chi connectivity index (χ0) is 16.0. The molecule has 2 N–H and O–H groups in total. The Balaban J connectivity index is 2.04. The number of nitrogens with zero attached hydrogens (tertiary/aromatic N) is 1. The Hall–Kier alpha value is -1.10. The fourth-order valence-electron chi connectivity index (χ4n) is 3.83. The lowest BCUT2D eigenvalue weighted by Crippen LogP contribution is -2.61. The van der Waals surface area contributed by atoms with E-state index in [1.807, 2.05) is 18.7 Å². The second-order valence-corrected chi connectivity index (χ2v) is 6.67.